The first kappa shape index (κ1) is 17.2. The van der Waals surface area contributed by atoms with Crippen molar-refractivity contribution in [3.63, 3.8) is 0 Å². The van der Waals surface area contributed by atoms with Crippen LogP contribution in [0.25, 0.3) is 0 Å². The maximum Gasteiger partial charge on any atom is 0.326 e. The molecule has 3 rings (SSSR count). The molecule has 0 spiro atoms. The molecule has 7 heteroatoms. The molecule has 1 aliphatic rings. The molecule has 0 aliphatic carbocycles. The normalized spacial score (nSPS) is 15.8. The number of anilines is 2. The summed E-state index contributed by atoms with van der Waals surface area (Å²) in [7, 11) is 3.04. The van der Waals surface area contributed by atoms with Gasteiger partial charge in [-0.05, 0) is 25.1 Å². The predicted octanol–water partition coefficient (Wildman–Crippen LogP) is 4.18. The smallest absolute Gasteiger partial charge is 0.326 e. The Hall–Kier alpha value is -2.60. The van der Waals surface area contributed by atoms with Gasteiger partial charge >= 0.3 is 6.03 Å². The zero-order valence-electron chi connectivity index (χ0n) is 14.2. The fourth-order valence-corrected chi connectivity index (χ4v) is 2.96. The van der Waals surface area contributed by atoms with Crippen LogP contribution in [0.1, 0.15) is 6.92 Å². The maximum absolute atomic E-state index is 12.8. The summed E-state index contributed by atoms with van der Waals surface area (Å²) in [5.41, 5.74) is 1.19. The Morgan fingerprint density at radius 3 is 2.68 bits per heavy atom. The second-order valence-electron chi connectivity index (χ2n) is 5.62. The minimum absolute atomic E-state index is 0.109. The number of nitrogens with zero attached hydrogens (tertiary/aromatic N) is 1. The SMILES string of the molecule is COc1cc(OC)c(NC(=O)N2CC(C)Oc3ccccc32)cc1Cl. The molecule has 1 N–H and O–H groups in total. The van der Waals surface area contributed by atoms with Gasteiger partial charge in [0.1, 0.15) is 23.4 Å². The van der Waals surface area contributed by atoms with Gasteiger partial charge in [0.2, 0.25) is 0 Å². The van der Waals surface area contributed by atoms with E-state index in [1.807, 2.05) is 31.2 Å². The molecule has 0 fully saturated rings. The lowest BCUT2D eigenvalue weighted by molar-refractivity contribution is 0.208. The molecule has 0 aromatic heterocycles. The first-order valence-electron chi connectivity index (χ1n) is 7.79. The topological polar surface area (TPSA) is 60.0 Å². The Kier molecular flexibility index (Phi) is 4.90. The fourth-order valence-electron chi connectivity index (χ4n) is 2.72. The van der Waals surface area contributed by atoms with E-state index in [0.717, 1.165) is 5.69 Å². The highest BCUT2D eigenvalue weighted by Crippen LogP contribution is 2.37. The summed E-state index contributed by atoms with van der Waals surface area (Å²) in [5, 5.41) is 3.23. The fraction of sp³-hybridized carbons (Fsp3) is 0.278. The average molecular weight is 363 g/mol. The summed E-state index contributed by atoms with van der Waals surface area (Å²) in [6, 6.07) is 10.4. The lowest BCUT2D eigenvalue weighted by Gasteiger charge is -2.33. The summed E-state index contributed by atoms with van der Waals surface area (Å²) in [5.74, 6) is 1.61. The van der Waals surface area contributed by atoms with Gasteiger partial charge in [0, 0.05) is 6.07 Å². The van der Waals surface area contributed by atoms with Crippen molar-refractivity contribution >= 4 is 29.0 Å². The Morgan fingerprint density at radius 1 is 1.24 bits per heavy atom. The maximum atomic E-state index is 12.8. The van der Waals surface area contributed by atoms with Crippen molar-refractivity contribution in [2.75, 3.05) is 31.0 Å². The Bertz CT molecular complexity index is 797. The second-order valence-corrected chi connectivity index (χ2v) is 6.03. The largest absolute Gasteiger partial charge is 0.495 e. The van der Waals surface area contributed by atoms with E-state index >= 15 is 0 Å². The minimum Gasteiger partial charge on any atom is -0.495 e. The second kappa shape index (κ2) is 7.11. The third-order valence-electron chi connectivity index (χ3n) is 3.88. The van der Waals surface area contributed by atoms with Gasteiger partial charge in [-0.1, -0.05) is 23.7 Å². The number of amides is 2. The minimum atomic E-state index is -0.290. The van der Waals surface area contributed by atoms with Crippen LogP contribution < -0.4 is 24.4 Å². The molecule has 132 valence electrons. The van der Waals surface area contributed by atoms with Crippen LogP contribution in [-0.4, -0.2) is 32.9 Å². The molecule has 0 saturated carbocycles. The van der Waals surface area contributed by atoms with Crippen molar-refractivity contribution in [1.82, 2.24) is 0 Å². The van der Waals surface area contributed by atoms with E-state index in [-0.39, 0.29) is 12.1 Å². The number of rotatable bonds is 3. The number of para-hydroxylation sites is 2. The molecule has 25 heavy (non-hydrogen) atoms. The van der Waals surface area contributed by atoms with Gasteiger partial charge in [0.25, 0.3) is 0 Å². The number of fused-ring (bicyclic) bond motifs is 1. The highest BCUT2D eigenvalue weighted by atomic mass is 35.5. The number of ether oxygens (including phenoxy) is 3. The molecule has 2 amide bonds. The molecule has 0 bridgehead atoms. The molecule has 1 aliphatic heterocycles. The van der Waals surface area contributed by atoms with Gasteiger partial charge in [-0.2, -0.15) is 0 Å². The summed E-state index contributed by atoms with van der Waals surface area (Å²) >= 11 is 6.17. The first-order valence-corrected chi connectivity index (χ1v) is 8.17. The summed E-state index contributed by atoms with van der Waals surface area (Å²) < 4.78 is 16.3. The number of nitrogens with one attached hydrogen (secondary N) is 1. The summed E-state index contributed by atoms with van der Waals surface area (Å²) in [4.78, 5) is 14.5. The number of hydrogen-bond acceptors (Lipinski definition) is 4. The lowest BCUT2D eigenvalue weighted by atomic mass is 10.2. The number of halogens is 1. The van der Waals surface area contributed by atoms with Crippen LogP contribution in [0.4, 0.5) is 16.2 Å². The number of methoxy groups -OCH3 is 2. The first-order chi connectivity index (χ1) is 12.0. The standard InChI is InChI=1S/C18H19ClN2O4/c1-11-10-21(14-6-4-5-7-15(14)25-11)18(22)20-13-8-12(19)16(23-2)9-17(13)24-3/h4-9,11H,10H2,1-3H3,(H,20,22). The van der Waals surface area contributed by atoms with Crippen LogP contribution in [0.15, 0.2) is 36.4 Å². The molecular formula is C18H19ClN2O4. The van der Waals surface area contributed by atoms with Crippen molar-refractivity contribution in [2.45, 2.75) is 13.0 Å². The van der Waals surface area contributed by atoms with Crippen molar-refractivity contribution < 1.29 is 19.0 Å². The van der Waals surface area contributed by atoms with Crippen LogP contribution >= 0.6 is 11.6 Å². The Balaban J connectivity index is 1.89. The van der Waals surface area contributed by atoms with Crippen LogP contribution in [0.2, 0.25) is 5.02 Å². The van der Waals surface area contributed by atoms with Gasteiger partial charge in [-0.3, -0.25) is 4.90 Å². The zero-order valence-corrected chi connectivity index (χ0v) is 15.0. The van der Waals surface area contributed by atoms with Gasteiger partial charge in [-0.25, -0.2) is 4.79 Å². The number of carbonyl (C=O) groups is 1. The van der Waals surface area contributed by atoms with E-state index in [0.29, 0.717) is 34.5 Å². The monoisotopic (exact) mass is 362 g/mol. The van der Waals surface area contributed by atoms with Crippen LogP contribution in [0, 0.1) is 0 Å². The zero-order chi connectivity index (χ0) is 18.0. The molecular weight excluding hydrogens is 344 g/mol. The van der Waals surface area contributed by atoms with E-state index < -0.39 is 0 Å². The molecule has 0 saturated heterocycles. The van der Waals surface area contributed by atoms with Crippen LogP contribution in [-0.2, 0) is 0 Å². The quantitative estimate of drug-likeness (QED) is 0.889. The van der Waals surface area contributed by atoms with Crippen molar-refractivity contribution in [3.8, 4) is 17.2 Å². The van der Waals surface area contributed by atoms with Gasteiger partial charge < -0.3 is 19.5 Å². The molecule has 2 aromatic rings. The predicted molar refractivity (Wildman–Crippen MR) is 97.5 cm³/mol. The number of urea groups is 1. The molecule has 0 radical (unpaired) electrons. The number of hydrogen-bond donors (Lipinski definition) is 1. The van der Waals surface area contributed by atoms with Crippen molar-refractivity contribution in [3.05, 3.63) is 41.4 Å². The third kappa shape index (κ3) is 3.44. The van der Waals surface area contributed by atoms with E-state index in [9.17, 15) is 4.79 Å². The Morgan fingerprint density at radius 2 is 1.96 bits per heavy atom. The van der Waals surface area contributed by atoms with Crippen molar-refractivity contribution in [1.29, 1.82) is 0 Å². The summed E-state index contributed by atoms with van der Waals surface area (Å²) in [6.45, 7) is 2.36. The van der Waals surface area contributed by atoms with E-state index in [2.05, 4.69) is 5.32 Å². The lowest BCUT2D eigenvalue weighted by Crippen LogP contribution is -2.44. The molecule has 1 heterocycles. The van der Waals surface area contributed by atoms with Gasteiger partial charge in [-0.15, -0.1) is 0 Å². The highest BCUT2D eigenvalue weighted by Gasteiger charge is 2.28. The molecule has 2 aromatic carbocycles. The number of carbonyl (C=O) groups excluding carboxylic acids is 1. The van der Waals surface area contributed by atoms with E-state index in [4.69, 9.17) is 25.8 Å². The molecule has 1 unspecified atom stereocenters. The van der Waals surface area contributed by atoms with Crippen molar-refractivity contribution in [2.24, 2.45) is 0 Å². The molecule has 1 atom stereocenters. The number of benzene rings is 2. The molecule has 6 nitrogen and oxygen atoms in total. The highest BCUT2D eigenvalue weighted by molar-refractivity contribution is 6.32. The summed E-state index contributed by atoms with van der Waals surface area (Å²) in [6.07, 6.45) is -0.109. The third-order valence-corrected chi connectivity index (χ3v) is 4.18. The van der Waals surface area contributed by atoms with Crippen LogP contribution in [0.5, 0.6) is 17.2 Å². The van der Waals surface area contributed by atoms with Gasteiger partial charge in [0.05, 0.1) is 37.2 Å². The van der Waals surface area contributed by atoms with E-state index in [1.54, 1.807) is 17.0 Å². The van der Waals surface area contributed by atoms with Crippen LogP contribution in [0.3, 0.4) is 0 Å². The Labute approximate surface area is 151 Å². The average Bonchev–Trinajstić information content (AvgIpc) is 2.61. The van der Waals surface area contributed by atoms with Gasteiger partial charge in [0.15, 0.2) is 0 Å². The van der Waals surface area contributed by atoms with E-state index in [1.165, 1.54) is 14.2 Å².